The minimum absolute atomic E-state index is 0.275. The number of hydrogen-bond acceptors (Lipinski definition) is 2. The third-order valence-corrected chi connectivity index (χ3v) is 4.47. The first-order chi connectivity index (χ1) is 8.72. The van der Waals surface area contributed by atoms with Crippen LogP contribution in [0.3, 0.4) is 0 Å². The maximum absolute atomic E-state index is 6.28. The van der Waals surface area contributed by atoms with Crippen molar-refractivity contribution >= 4 is 23.2 Å². The van der Waals surface area contributed by atoms with Crippen molar-refractivity contribution in [3.63, 3.8) is 0 Å². The van der Waals surface area contributed by atoms with Gasteiger partial charge in [0.15, 0.2) is 0 Å². The molecule has 100 valence electrons. The number of hydrogen-bond donors (Lipinski definition) is 1. The summed E-state index contributed by atoms with van der Waals surface area (Å²) in [5.74, 6) is 0. The molecule has 0 amide bonds. The molecule has 1 unspecified atom stereocenters. The number of likely N-dealkylation sites (tertiary alicyclic amines) is 1. The standard InChI is InChI=1S/C14H20Cl2N2/c1-17-13(7-10-18-8-2-3-9-18)11-5-4-6-12(15)14(11)16/h4-6,13,17H,2-3,7-10H2,1H3. The fraction of sp³-hybridized carbons (Fsp3) is 0.571. The van der Waals surface area contributed by atoms with Crippen LogP contribution in [0.2, 0.25) is 10.0 Å². The van der Waals surface area contributed by atoms with Crippen LogP contribution in [0.15, 0.2) is 18.2 Å². The molecule has 1 N–H and O–H groups in total. The Morgan fingerprint density at radius 2 is 2.00 bits per heavy atom. The summed E-state index contributed by atoms with van der Waals surface area (Å²) in [6.45, 7) is 3.59. The molecule has 1 aromatic rings. The van der Waals surface area contributed by atoms with Crippen LogP contribution in [0.5, 0.6) is 0 Å². The summed E-state index contributed by atoms with van der Waals surface area (Å²) < 4.78 is 0. The highest BCUT2D eigenvalue weighted by Gasteiger charge is 2.17. The molecular weight excluding hydrogens is 267 g/mol. The van der Waals surface area contributed by atoms with E-state index in [9.17, 15) is 0 Å². The van der Waals surface area contributed by atoms with Crippen molar-refractivity contribution in [2.45, 2.75) is 25.3 Å². The van der Waals surface area contributed by atoms with Gasteiger partial charge >= 0.3 is 0 Å². The fourth-order valence-corrected chi connectivity index (χ4v) is 3.00. The minimum atomic E-state index is 0.275. The van der Waals surface area contributed by atoms with Crippen molar-refractivity contribution in [1.82, 2.24) is 10.2 Å². The Kier molecular flexibility index (Phi) is 5.31. The number of rotatable bonds is 5. The summed E-state index contributed by atoms with van der Waals surface area (Å²) in [6.07, 6.45) is 3.74. The van der Waals surface area contributed by atoms with Crippen LogP contribution >= 0.6 is 23.2 Å². The third kappa shape index (κ3) is 3.39. The van der Waals surface area contributed by atoms with Gasteiger partial charge in [-0.2, -0.15) is 0 Å². The summed E-state index contributed by atoms with van der Waals surface area (Å²) in [5, 5.41) is 4.66. The molecule has 0 spiro atoms. The molecule has 1 atom stereocenters. The van der Waals surface area contributed by atoms with Crippen LogP contribution in [0, 0.1) is 0 Å². The Morgan fingerprint density at radius 1 is 1.28 bits per heavy atom. The van der Waals surface area contributed by atoms with Gasteiger partial charge in [-0.3, -0.25) is 0 Å². The molecule has 0 bridgehead atoms. The highest BCUT2D eigenvalue weighted by Crippen LogP contribution is 2.31. The zero-order chi connectivity index (χ0) is 13.0. The van der Waals surface area contributed by atoms with E-state index < -0.39 is 0 Å². The number of nitrogens with one attached hydrogen (secondary N) is 1. The number of nitrogens with zero attached hydrogens (tertiary/aromatic N) is 1. The summed E-state index contributed by atoms with van der Waals surface area (Å²) >= 11 is 12.3. The van der Waals surface area contributed by atoms with E-state index in [-0.39, 0.29) is 6.04 Å². The van der Waals surface area contributed by atoms with Gasteiger partial charge in [0.2, 0.25) is 0 Å². The predicted octanol–water partition coefficient (Wildman–Crippen LogP) is 3.74. The zero-order valence-corrected chi connectivity index (χ0v) is 12.3. The third-order valence-electron chi connectivity index (χ3n) is 3.64. The number of halogens is 2. The van der Waals surface area contributed by atoms with Crippen LogP contribution in [-0.2, 0) is 0 Å². The van der Waals surface area contributed by atoms with Gasteiger partial charge in [-0.25, -0.2) is 0 Å². The molecule has 4 heteroatoms. The van der Waals surface area contributed by atoms with Crippen LogP contribution < -0.4 is 5.32 Å². The molecule has 1 saturated heterocycles. The highest BCUT2D eigenvalue weighted by atomic mass is 35.5. The maximum atomic E-state index is 6.28. The zero-order valence-electron chi connectivity index (χ0n) is 10.8. The van der Waals surface area contributed by atoms with E-state index in [1.165, 1.54) is 25.9 Å². The van der Waals surface area contributed by atoms with Gasteiger partial charge in [0, 0.05) is 6.04 Å². The second kappa shape index (κ2) is 6.76. The van der Waals surface area contributed by atoms with Crippen molar-refractivity contribution in [3.05, 3.63) is 33.8 Å². The first-order valence-electron chi connectivity index (χ1n) is 6.56. The molecule has 0 aromatic heterocycles. The molecule has 2 rings (SSSR count). The molecule has 1 heterocycles. The number of benzene rings is 1. The van der Waals surface area contributed by atoms with Crippen LogP contribution in [-0.4, -0.2) is 31.6 Å². The van der Waals surface area contributed by atoms with E-state index in [1.807, 2.05) is 19.2 Å². The lowest BCUT2D eigenvalue weighted by atomic mass is 10.0. The largest absolute Gasteiger partial charge is 0.313 e. The topological polar surface area (TPSA) is 15.3 Å². The fourth-order valence-electron chi connectivity index (χ4n) is 2.56. The van der Waals surface area contributed by atoms with Gasteiger partial charge in [0.05, 0.1) is 10.0 Å². The normalized spacial score (nSPS) is 18.2. The first kappa shape index (κ1) is 14.1. The van der Waals surface area contributed by atoms with E-state index >= 15 is 0 Å². The van der Waals surface area contributed by atoms with Crippen molar-refractivity contribution in [2.75, 3.05) is 26.7 Å². The van der Waals surface area contributed by atoms with Gasteiger partial charge < -0.3 is 10.2 Å². The molecule has 1 aliphatic heterocycles. The monoisotopic (exact) mass is 286 g/mol. The second-order valence-corrected chi connectivity index (χ2v) is 5.61. The molecular formula is C14H20Cl2N2. The molecule has 2 nitrogen and oxygen atoms in total. The predicted molar refractivity (Wildman–Crippen MR) is 78.6 cm³/mol. The Morgan fingerprint density at radius 3 is 2.67 bits per heavy atom. The van der Waals surface area contributed by atoms with E-state index in [2.05, 4.69) is 16.3 Å². The van der Waals surface area contributed by atoms with E-state index in [4.69, 9.17) is 23.2 Å². The van der Waals surface area contributed by atoms with Crippen LogP contribution in [0.1, 0.15) is 30.9 Å². The van der Waals surface area contributed by atoms with Crippen LogP contribution in [0.25, 0.3) is 0 Å². The van der Waals surface area contributed by atoms with Crippen molar-refractivity contribution in [3.8, 4) is 0 Å². The van der Waals surface area contributed by atoms with Gasteiger partial charge in [-0.15, -0.1) is 0 Å². The molecule has 1 aromatic carbocycles. The summed E-state index contributed by atoms with van der Waals surface area (Å²) in [4.78, 5) is 2.52. The van der Waals surface area contributed by atoms with E-state index in [0.717, 1.165) is 18.5 Å². The quantitative estimate of drug-likeness (QED) is 0.887. The van der Waals surface area contributed by atoms with Crippen molar-refractivity contribution < 1.29 is 0 Å². The summed E-state index contributed by atoms with van der Waals surface area (Å²) in [5.41, 5.74) is 1.10. The van der Waals surface area contributed by atoms with E-state index in [0.29, 0.717) is 10.0 Å². The molecule has 18 heavy (non-hydrogen) atoms. The van der Waals surface area contributed by atoms with Gasteiger partial charge in [0.1, 0.15) is 0 Å². The average Bonchev–Trinajstić information content (AvgIpc) is 2.88. The lowest BCUT2D eigenvalue weighted by Gasteiger charge is -2.22. The lowest BCUT2D eigenvalue weighted by Crippen LogP contribution is -2.26. The molecule has 0 radical (unpaired) electrons. The Bertz CT molecular complexity index is 389. The maximum Gasteiger partial charge on any atom is 0.0640 e. The van der Waals surface area contributed by atoms with Gasteiger partial charge in [0.25, 0.3) is 0 Å². The minimum Gasteiger partial charge on any atom is -0.313 e. The SMILES string of the molecule is CNC(CCN1CCCC1)c1cccc(Cl)c1Cl. The highest BCUT2D eigenvalue weighted by molar-refractivity contribution is 6.42. The molecule has 1 aliphatic rings. The van der Waals surface area contributed by atoms with E-state index in [1.54, 1.807) is 0 Å². The lowest BCUT2D eigenvalue weighted by molar-refractivity contribution is 0.314. The summed E-state index contributed by atoms with van der Waals surface area (Å²) in [7, 11) is 1.98. The Hall–Kier alpha value is -0.280. The average molecular weight is 287 g/mol. The molecule has 0 aliphatic carbocycles. The van der Waals surface area contributed by atoms with Gasteiger partial charge in [-0.05, 0) is 57.6 Å². The second-order valence-electron chi connectivity index (χ2n) is 4.82. The Labute approximate surface area is 119 Å². The first-order valence-corrected chi connectivity index (χ1v) is 7.31. The van der Waals surface area contributed by atoms with Crippen molar-refractivity contribution in [2.24, 2.45) is 0 Å². The smallest absolute Gasteiger partial charge is 0.0640 e. The van der Waals surface area contributed by atoms with Crippen LogP contribution in [0.4, 0.5) is 0 Å². The Balaban J connectivity index is 2.00. The van der Waals surface area contributed by atoms with Crippen molar-refractivity contribution in [1.29, 1.82) is 0 Å². The van der Waals surface area contributed by atoms with Gasteiger partial charge in [-0.1, -0.05) is 35.3 Å². The molecule has 1 fully saturated rings. The molecule has 0 saturated carbocycles. The summed E-state index contributed by atoms with van der Waals surface area (Å²) in [6, 6.07) is 6.13.